The second-order valence-corrected chi connectivity index (χ2v) is 7.36. The number of fused-ring (bicyclic) bond motifs is 6. The second kappa shape index (κ2) is 6.92. The lowest BCUT2D eigenvalue weighted by Gasteiger charge is -2.18. The summed E-state index contributed by atoms with van der Waals surface area (Å²) in [6.07, 6.45) is 7.15. The molecule has 3 aromatic carbocycles. The number of aromatic nitrogens is 1. The van der Waals surface area contributed by atoms with Gasteiger partial charge in [-0.15, -0.1) is 0 Å². The summed E-state index contributed by atoms with van der Waals surface area (Å²) in [6.45, 7) is 0. The molecule has 1 heterocycles. The fourth-order valence-electron chi connectivity index (χ4n) is 4.34. The molecule has 0 saturated carbocycles. The Hall–Kier alpha value is -3.06. The number of pyridine rings is 1. The first-order valence-corrected chi connectivity index (χ1v) is 9.84. The third-order valence-electron chi connectivity index (χ3n) is 5.72. The maximum absolute atomic E-state index is 3.13. The predicted octanol–water partition coefficient (Wildman–Crippen LogP) is 6.99. The van der Waals surface area contributed by atoms with Crippen molar-refractivity contribution in [3.8, 4) is 11.3 Å². The number of aryl methyl sites for hydroxylation is 2. The van der Waals surface area contributed by atoms with Crippen LogP contribution in [0.1, 0.15) is 24.0 Å². The molecular weight excluding hydrogens is 326 g/mol. The summed E-state index contributed by atoms with van der Waals surface area (Å²) in [4.78, 5) is 3.13. The third kappa shape index (κ3) is 3.00. The first-order valence-electron chi connectivity index (χ1n) is 9.84. The number of rotatable bonds is 0. The third-order valence-corrected chi connectivity index (χ3v) is 5.72. The Labute approximate surface area is 160 Å². The molecule has 0 unspecified atom stereocenters. The van der Waals surface area contributed by atoms with Crippen LogP contribution >= 0.6 is 0 Å². The predicted molar refractivity (Wildman–Crippen MR) is 116 cm³/mol. The second-order valence-electron chi connectivity index (χ2n) is 7.36. The molecule has 27 heavy (non-hydrogen) atoms. The Kier molecular flexibility index (Phi) is 4.14. The lowest BCUT2D eigenvalue weighted by Crippen LogP contribution is -2.02. The molecule has 6 rings (SSSR count). The van der Waals surface area contributed by atoms with Crippen molar-refractivity contribution in [3.63, 3.8) is 0 Å². The molecule has 0 aromatic heterocycles. The Balaban J connectivity index is 0.000000149. The summed E-state index contributed by atoms with van der Waals surface area (Å²) in [5.41, 5.74) is 5.66. The van der Waals surface area contributed by atoms with Crippen LogP contribution in [0, 0.1) is 0 Å². The van der Waals surface area contributed by atoms with Gasteiger partial charge in [-0.3, -0.25) is 0 Å². The highest BCUT2D eigenvalue weighted by Crippen LogP contribution is 2.33. The van der Waals surface area contributed by atoms with Gasteiger partial charge in [0.25, 0.3) is 0 Å². The fourth-order valence-corrected chi connectivity index (χ4v) is 4.34. The van der Waals surface area contributed by atoms with Gasteiger partial charge in [-0.2, -0.15) is 0 Å². The summed E-state index contributed by atoms with van der Waals surface area (Å²) in [7, 11) is 0. The van der Waals surface area contributed by atoms with Gasteiger partial charge in [-0.05, 0) is 76.1 Å². The van der Waals surface area contributed by atoms with E-state index in [-0.39, 0.29) is 0 Å². The largest absolute Gasteiger partial charge is 0.361 e. The molecule has 3 aliphatic rings. The summed E-state index contributed by atoms with van der Waals surface area (Å²) < 4.78 is 0. The smallest absolute Gasteiger partial charge is 0.0453 e. The highest BCUT2D eigenvalue weighted by molar-refractivity contribution is 6.08. The zero-order chi connectivity index (χ0) is 18.1. The number of nitrogens with one attached hydrogen (secondary N) is 1. The van der Waals surface area contributed by atoms with Crippen LogP contribution in [-0.2, 0) is 12.8 Å². The molecule has 0 amide bonds. The molecule has 132 valence electrons. The van der Waals surface area contributed by atoms with Crippen molar-refractivity contribution >= 4 is 21.5 Å². The molecule has 1 heteroatoms. The van der Waals surface area contributed by atoms with Crippen LogP contribution in [0.4, 0.5) is 0 Å². The van der Waals surface area contributed by atoms with Crippen LogP contribution < -0.4 is 0 Å². The monoisotopic (exact) mass is 349 g/mol. The van der Waals surface area contributed by atoms with E-state index in [1.165, 1.54) is 58.5 Å². The molecule has 1 nitrogen and oxygen atoms in total. The van der Waals surface area contributed by atoms with Gasteiger partial charge in [0.2, 0.25) is 0 Å². The van der Waals surface area contributed by atoms with Crippen molar-refractivity contribution in [1.82, 2.24) is 4.98 Å². The Morgan fingerprint density at radius 1 is 0.593 bits per heavy atom. The highest BCUT2D eigenvalue weighted by Gasteiger charge is 2.13. The maximum Gasteiger partial charge on any atom is 0.0453 e. The van der Waals surface area contributed by atoms with E-state index >= 15 is 0 Å². The van der Waals surface area contributed by atoms with Gasteiger partial charge in [0, 0.05) is 11.9 Å². The number of H-pyrrole nitrogens is 1. The van der Waals surface area contributed by atoms with Crippen molar-refractivity contribution in [3.05, 3.63) is 96.2 Å². The molecule has 3 aromatic rings. The fraction of sp³-hybridized carbons (Fsp3) is 0.154. The minimum absolute atomic E-state index is 1.21. The van der Waals surface area contributed by atoms with Crippen molar-refractivity contribution in [1.29, 1.82) is 0 Å². The molecule has 0 atom stereocenters. The van der Waals surface area contributed by atoms with Gasteiger partial charge in [0.05, 0.1) is 0 Å². The lowest BCUT2D eigenvalue weighted by molar-refractivity contribution is 0.690. The van der Waals surface area contributed by atoms with Gasteiger partial charge in [-0.25, -0.2) is 0 Å². The van der Waals surface area contributed by atoms with Crippen molar-refractivity contribution in [2.24, 2.45) is 0 Å². The summed E-state index contributed by atoms with van der Waals surface area (Å²) in [5.74, 6) is 0. The Morgan fingerprint density at radius 3 is 2.41 bits per heavy atom. The first-order chi connectivity index (χ1) is 13.4. The van der Waals surface area contributed by atoms with Crippen LogP contribution in [0.5, 0.6) is 0 Å². The van der Waals surface area contributed by atoms with Crippen LogP contribution in [-0.4, -0.2) is 4.98 Å². The average molecular weight is 349 g/mol. The minimum Gasteiger partial charge on any atom is -0.361 e. The topological polar surface area (TPSA) is 15.8 Å². The average Bonchev–Trinajstić information content (AvgIpc) is 3.23. The van der Waals surface area contributed by atoms with Gasteiger partial charge in [0.15, 0.2) is 0 Å². The summed E-state index contributed by atoms with van der Waals surface area (Å²) in [6, 6.07) is 28.3. The minimum atomic E-state index is 1.21. The van der Waals surface area contributed by atoms with Crippen LogP contribution in [0.25, 0.3) is 32.8 Å². The zero-order valence-corrected chi connectivity index (χ0v) is 15.4. The van der Waals surface area contributed by atoms with Crippen LogP contribution in [0.15, 0.2) is 85.1 Å². The van der Waals surface area contributed by atoms with E-state index in [0.29, 0.717) is 0 Å². The maximum atomic E-state index is 3.13. The molecule has 2 aliphatic carbocycles. The number of hydrogen-bond acceptors (Lipinski definition) is 0. The highest BCUT2D eigenvalue weighted by atomic mass is 14.7. The molecule has 0 bridgehead atoms. The van der Waals surface area contributed by atoms with E-state index in [2.05, 4.69) is 71.7 Å². The Morgan fingerprint density at radius 2 is 1.44 bits per heavy atom. The summed E-state index contributed by atoms with van der Waals surface area (Å²) >= 11 is 0. The number of hydrogen-bond donors (Lipinski definition) is 1. The van der Waals surface area contributed by atoms with E-state index < -0.39 is 0 Å². The van der Waals surface area contributed by atoms with Gasteiger partial charge >= 0.3 is 0 Å². The van der Waals surface area contributed by atoms with E-state index in [0.717, 1.165) is 0 Å². The summed E-state index contributed by atoms with van der Waals surface area (Å²) in [5, 5.41) is 5.64. The molecule has 0 spiro atoms. The van der Waals surface area contributed by atoms with Gasteiger partial charge < -0.3 is 4.98 Å². The van der Waals surface area contributed by atoms with Crippen LogP contribution in [0.2, 0.25) is 0 Å². The van der Waals surface area contributed by atoms with Gasteiger partial charge in [0.1, 0.15) is 0 Å². The first kappa shape index (κ1) is 16.1. The van der Waals surface area contributed by atoms with Crippen molar-refractivity contribution in [2.45, 2.75) is 25.7 Å². The van der Waals surface area contributed by atoms with Crippen molar-refractivity contribution < 1.29 is 0 Å². The molecule has 1 aliphatic heterocycles. The normalized spacial score (nSPS) is 13.3. The molecular formula is C26H23N. The van der Waals surface area contributed by atoms with E-state index in [4.69, 9.17) is 0 Å². The quantitative estimate of drug-likeness (QED) is 0.290. The van der Waals surface area contributed by atoms with E-state index in [1.54, 1.807) is 11.1 Å². The van der Waals surface area contributed by atoms with E-state index in [1.807, 2.05) is 18.3 Å². The zero-order valence-electron chi connectivity index (χ0n) is 15.4. The van der Waals surface area contributed by atoms with E-state index in [9.17, 15) is 0 Å². The molecule has 1 N–H and O–H groups in total. The van der Waals surface area contributed by atoms with Crippen molar-refractivity contribution in [2.75, 3.05) is 0 Å². The van der Waals surface area contributed by atoms with Gasteiger partial charge in [-0.1, -0.05) is 66.7 Å². The number of aromatic amines is 1. The molecule has 0 radical (unpaired) electrons. The standard InChI is InChI=1S/C18H16.C8H7N/c1-3-7-15-13(5-1)9-11-18-16-8-4-2-6-14(16)10-12-17(15)18;1-3-7-4-2-6-9-8(7)5-1/h1,3,5,7,9-12H,2,4,6,8H2;1-6,9H. The SMILES string of the molecule is c1c[nH]c2cccc-2c1.c1ccc2c(c1)ccc1c3c(ccc12)CCCC3. The Bertz CT molecular complexity index is 1150. The lowest BCUT2D eigenvalue weighted by atomic mass is 9.86. The molecule has 0 fully saturated rings. The number of benzene rings is 3. The van der Waals surface area contributed by atoms with Crippen LogP contribution in [0.3, 0.4) is 0 Å². The molecule has 0 saturated heterocycles.